The number of benzene rings is 2. The van der Waals surface area contributed by atoms with Gasteiger partial charge >= 0.3 is 0 Å². The Morgan fingerprint density at radius 2 is 1.93 bits per heavy atom. The van der Waals surface area contributed by atoms with Crippen molar-refractivity contribution in [3.05, 3.63) is 59.7 Å². The summed E-state index contributed by atoms with van der Waals surface area (Å²) < 4.78 is 0. The lowest BCUT2D eigenvalue weighted by Crippen LogP contribution is -2.34. The van der Waals surface area contributed by atoms with Gasteiger partial charge in [-0.25, -0.2) is 4.99 Å². The average Bonchev–Trinajstić information content (AvgIpc) is 2.94. The lowest BCUT2D eigenvalue weighted by Gasteiger charge is -2.15. The molecule has 3 rings (SSSR count). The van der Waals surface area contributed by atoms with Gasteiger partial charge in [-0.05, 0) is 44.0 Å². The van der Waals surface area contributed by atoms with Crippen LogP contribution in [0, 0.1) is 13.8 Å². The summed E-state index contributed by atoms with van der Waals surface area (Å²) in [5.41, 5.74) is 3.75. The number of anilines is 1. The Bertz CT molecular complexity index is 896. The minimum atomic E-state index is -0.445. The molecule has 1 saturated heterocycles. The summed E-state index contributed by atoms with van der Waals surface area (Å²) in [6.45, 7) is 6.61. The lowest BCUT2D eigenvalue weighted by atomic mass is 10.1. The fourth-order valence-corrected chi connectivity index (χ4v) is 4.27. The summed E-state index contributed by atoms with van der Waals surface area (Å²) in [5, 5.41) is 3.16. The minimum absolute atomic E-state index is 0.0442. The molecule has 1 aliphatic rings. The van der Waals surface area contributed by atoms with E-state index in [0.717, 1.165) is 28.9 Å². The first kappa shape index (κ1) is 20.1. The van der Waals surface area contributed by atoms with Crippen molar-refractivity contribution < 1.29 is 9.59 Å². The number of carbonyl (C=O) groups is 2. The van der Waals surface area contributed by atoms with E-state index < -0.39 is 5.25 Å². The molecule has 5 nitrogen and oxygen atoms in total. The van der Waals surface area contributed by atoms with E-state index in [1.54, 1.807) is 4.90 Å². The van der Waals surface area contributed by atoms with Crippen LogP contribution in [-0.4, -0.2) is 33.7 Å². The second kappa shape index (κ2) is 9.06. The predicted molar refractivity (Wildman–Crippen MR) is 116 cm³/mol. The number of para-hydroxylation sites is 1. The molecule has 1 fully saturated rings. The predicted octanol–water partition coefficient (Wildman–Crippen LogP) is 4.67. The number of amides is 2. The standard InChI is InChI=1S/C22H25N3O2S/c1-4-12-25-21(27)19(28-22(25)23-17-8-6-5-7-9-17)14-20(26)24-18-11-10-15(2)13-16(18)3/h5-11,13,19H,4,12,14H2,1-3H3,(H,24,26)/t19-/m1/s1. The molecule has 2 aromatic rings. The van der Waals surface area contributed by atoms with Crippen molar-refractivity contribution in [1.82, 2.24) is 4.90 Å². The number of nitrogens with zero attached hydrogens (tertiary/aromatic N) is 2. The van der Waals surface area contributed by atoms with Crippen molar-refractivity contribution in [2.45, 2.75) is 38.9 Å². The van der Waals surface area contributed by atoms with Crippen LogP contribution in [0.15, 0.2) is 53.5 Å². The molecule has 0 spiro atoms. The molecule has 1 aliphatic heterocycles. The van der Waals surface area contributed by atoms with Gasteiger partial charge in [-0.3, -0.25) is 14.5 Å². The lowest BCUT2D eigenvalue weighted by molar-refractivity contribution is -0.128. The molecule has 1 atom stereocenters. The monoisotopic (exact) mass is 395 g/mol. The first-order valence-corrected chi connectivity index (χ1v) is 10.3. The van der Waals surface area contributed by atoms with E-state index in [0.29, 0.717) is 11.7 Å². The van der Waals surface area contributed by atoms with Crippen LogP contribution < -0.4 is 5.32 Å². The second-order valence-electron chi connectivity index (χ2n) is 6.90. The van der Waals surface area contributed by atoms with Gasteiger partial charge in [0.15, 0.2) is 5.17 Å². The summed E-state index contributed by atoms with van der Waals surface area (Å²) in [6, 6.07) is 15.5. The summed E-state index contributed by atoms with van der Waals surface area (Å²) in [7, 11) is 0. The number of rotatable bonds is 6. The topological polar surface area (TPSA) is 61.8 Å². The second-order valence-corrected chi connectivity index (χ2v) is 8.07. The van der Waals surface area contributed by atoms with Gasteiger partial charge in [-0.2, -0.15) is 0 Å². The number of aliphatic imine (C=N–C) groups is 1. The Morgan fingerprint density at radius 1 is 1.18 bits per heavy atom. The highest BCUT2D eigenvalue weighted by molar-refractivity contribution is 8.15. The first-order chi connectivity index (χ1) is 13.5. The molecule has 0 saturated carbocycles. The molecule has 2 amide bonds. The highest BCUT2D eigenvalue weighted by Gasteiger charge is 2.38. The van der Waals surface area contributed by atoms with Gasteiger partial charge in [0.2, 0.25) is 11.8 Å². The Balaban J connectivity index is 1.72. The summed E-state index contributed by atoms with van der Waals surface area (Å²) in [4.78, 5) is 31.7. The maximum absolute atomic E-state index is 12.8. The smallest absolute Gasteiger partial charge is 0.242 e. The van der Waals surface area contributed by atoms with Crippen molar-refractivity contribution in [2.24, 2.45) is 4.99 Å². The third-order valence-electron chi connectivity index (χ3n) is 4.47. The highest BCUT2D eigenvalue weighted by atomic mass is 32.2. The summed E-state index contributed by atoms with van der Waals surface area (Å²) in [6.07, 6.45) is 0.965. The number of carbonyl (C=O) groups excluding carboxylic acids is 2. The van der Waals surface area contributed by atoms with Crippen molar-refractivity contribution >= 4 is 40.1 Å². The molecule has 1 heterocycles. The Morgan fingerprint density at radius 3 is 2.61 bits per heavy atom. The van der Waals surface area contributed by atoms with Crippen LogP contribution >= 0.6 is 11.8 Å². The van der Waals surface area contributed by atoms with Crippen molar-refractivity contribution in [1.29, 1.82) is 0 Å². The van der Waals surface area contributed by atoms with Gasteiger partial charge in [0.1, 0.15) is 5.25 Å². The van der Waals surface area contributed by atoms with Crippen LogP contribution in [0.5, 0.6) is 0 Å². The molecule has 0 radical (unpaired) electrons. The van der Waals surface area contributed by atoms with Crippen molar-refractivity contribution in [3.63, 3.8) is 0 Å². The van der Waals surface area contributed by atoms with Crippen LogP contribution in [0.25, 0.3) is 0 Å². The normalized spacial score (nSPS) is 18.0. The van der Waals surface area contributed by atoms with Gasteiger partial charge in [0.25, 0.3) is 0 Å². The van der Waals surface area contributed by atoms with Gasteiger partial charge in [-0.1, -0.05) is 54.6 Å². The quantitative estimate of drug-likeness (QED) is 0.773. The van der Waals surface area contributed by atoms with E-state index in [1.807, 2.05) is 69.3 Å². The average molecular weight is 396 g/mol. The Labute approximate surface area is 170 Å². The SMILES string of the molecule is CCCN1C(=O)[C@@H](CC(=O)Nc2ccc(C)cc2C)SC1=Nc1ccccc1. The number of nitrogens with one attached hydrogen (secondary N) is 1. The first-order valence-electron chi connectivity index (χ1n) is 9.47. The molecule has 1 N–H and O–H groups in total. The fraction of sp³-hybridized carbons (Fsp3) is 0.318. The molecule has 0 aromatic heterocycles. The van der Waals surface area contributed by atoms with Crippen molar-refractivity contribution in [3.8, 4) is 0 Å². The molecular weight excluding hydrogens is 370 g/mol. The third-order valence-corrected chi connectivity index (χ3v) is 5.65. The van der Waals surface area contributed by atoms with Gasteiger partial charge in [-0.15, -0.1) is 0 Å². The zero-order valence-corrected chi connectivity index (χ0v) is 17.3. The van der Waals surface area contributed by atoms with E-state index in [9.17, 15) is 9.59 Å². The fourth-order valence-electron chi connectivity index (χ4n) is 3.09. The zero-order valence-electron chi connectivity index (χ0n) is 16.4. The number of aryl methyl sites for hydroxylation is 2. The van der Waals surface area contributed by atoms with Crippen LogP contribution in [0.4, 0.5) is 11.4 Å². The van der Waals surface area contributed by atoms with E-state index in [2.05, 4.69) is 10.3 Å². The van der Waals surface area contributed by atoms with Crippen LogP contribution in [-0.2, 0) is 9.59 Å². The van der Waals surface area contributed by atoms with E-state index in [-0.39, 0.29) is 18.2 Å². The minimum Gasteiger partial charge on any atom is -0.326 e. The van der Waals surface area contributed by atoms with Crippen LogP contribution in [0.2, 0.25) is 0 Å². The van der Waals surface area contributed by atoms with E-state index >= 15 is 0 Å². The Kier molecular flexibility index (Phi) is 6.52. The molecule has 0 unspecified atom stereocenters. The van der Waals surface area contributed by atoms with Crippen molar-refractivity contribution in [2.75, 3.05) is 11.9 Å². The summed E-state index contributed by atoms with van der Waals surface area (Å²) in [5.74, 6) is -0.201. The molecule has 146 valence electrons. The van der Waals surface area contributed by atoms with Gasteiger partial charge < -0.3 is 5.32 Å². The molecule has 2 aromatic carbocycles. The van der Waals surface area contributed by atoms with Gasteiger partial charge in [0, 0.05) is 18.7 Å². The number of amidine groups is 1. The summed E-state index contributed by atoms with van der Waals surface area (Å²) >= 11 is 1.37. The maximum Gasteiger partial charge on any atom is 0.242 e. The third kappa shape index (κ3) is 4.81. The van der Waals surface area contributed by atoms with Gasteiger partial charge in [0.05, 0.1) is 5.69 Å². The molecule has 6 heteroatoms. The largest absolute Gasteiger partial charge is 0.326 e. The number of hydrogen-bond donors (Lipinski definition) is 1. The van der Waals surface area contributed by atoms with Crippen LogP contribution in [0.3, 0.4) is 0 Å². The molecular formula is C22H25N3O2S. The molecule has 0 bridgehead atoms. The van der Waals surface area contributed by atoms with E-state index in [4.69, 9.17) is 0 Å². The number of thioether (sulfide) groups is 1. The zero-order chi connectivity index (χ0) is 20.1. The maximum atomic E-state index is 12.8. The van der Waals surface area contributed by atoms with Crippen LogP contribution in [0.1, 0.15) is 30.9 Å². The Hall–Kier alpha value is -2.60. The number of hydrogen-bond acceptors (Lipinski definition) is 4. The molecule has 0 aliphatic carbocycles. The molecule has 28 heavy (non-hydrogen) atoms. The van der Waals surface area contributed by atoms with E-state index in [1.165, 1.54) is 11.8 Å². The highest BCUT2D eigenvalue weighted by Crippen LogP contribution is 2.32.